The van der Waals surface area contributed by atoms with Gasteiger partial charge < -0.3 is 10.2 Å². The standard InChI is InChI=1S/C19H27N3O2/c1-14(23)20-13-16-9-5-10-17(21-16)18-11-6-12-22(18)19(24)15-7-3-2-4-8-15/h5,9-10,15,18H,2-4,6-8,11-13H2,1H3,(H,20,23)/t18-/m1/s1. The zero-order valence-electron chi connectivity index (χ0n) is 14.5. The van der Waals surface area contributed by atoms with E-state index in [0.717, 1.165) is 43.6 Å². The minimum absolute atomic E-state index is 0.0582. The molecule has 5 nitrogen and oxygen atoms in total. The van der Waals surface area contributed by atoms with E-state index in [-0.39, 0.29) is 17.9 Å². The van der Waals surface area contributed by atoms with Gasteiger partial charge in [0.2, 0.25) is 11.8 Å². The summed E-state index contributed by atoms with van der Waals surface area (Å²) in [6, 6.07) is 5.99. The number of pyridine rings is 1. The van der Waals surface area contributed by atoms with Crippen molar-refractivity contribution in [1.29, 1.82) is 0 Å². The highest BCUT2D eigenvalue weighted by Crippen LogP contribution is 2.35. The highest BCUT2D eigenvalue weighted by molar-refractivity contribution is 5.79. The molecule has 1 aliphatic heterocycles. The molecular weight excluding hydrogens is 302 g/mol. The second-order valence-electron chi connectivity index (χ2n) is 6.99. The fourth-order valence-electron chi connectivity index (χ4n) is 3.92. The number of aromatic nitrogens is 1. The van der Waals surface area contributed by atoms with Gasteiger partial charge >= 0.3 is 0 Å². The summed E-state index contributed by atoms with van der Waals surface area (Å²) in [5.74, 6) is 0.477. The summed E-state index contributed by atoms with van der Waals surface area (Å²) in [5, 5.41) is 2.78. The first-order valence-electron chi connectivity index (χ1n) is 9.16. The molecule has 5 heteroatoms. The van der Waals surface area contributed by atoms with Gasteiger partial charge in [-0.2, -0.15) is 0 Å². The molecule has 1 atom stereocenters. The minimum atomic E-state index is -0.0582. The molecule has 2 fully saturated rings. The topological polar surface area (TPSA) is 62.3 Å². The smallest absolute Gasteiger partial charge is 0.226 e. The molecule has 130 valence electrons. The fourth-order valence-corrected chi connectivity index (χ4v) is 3.92. The summed E-state index contributed by atoms with van der Waals surface area (Å²) in [5.41, 5.74) is 1.80. The van der Waals surface area contributed by atoms with Gasteiger partial charge in [-0.05, 0) is 37.8 Å². The molecule has 0 spiro atoms. The van der Waals surface area contributed by atoms with Crippen LogP contribution in [0.1, 0.15) is 69.3 Å². The highest BCUT2D eigenvalue weighted by atomic mass is 16.2. The number of rotatable bonds is 4. The van der Waals surface area contributed by atoms with Crippen LogP contribution < -0.4 is 5.32 Å². The van der Waals surface area contributed by atoms with Crippen LogP contribution in [-0.2, 0) is 16.1 Å². The third kappa shape index (κ3) is 3.94. The predicted octanol–water partition coefficient (Wildman–Crippen LogP) is 2.96. The summed E-state index contributed by atoms with van der Waals surface area (Å²) in [7, 11) is 0. The largest absolute Gasteiger partial charge is 0.351 e. The summed E-state index contributed by atoms with van der Waals surface area (Å²) in [4.78, 5) is 30.8. The van der Waals surface area contributed by atoms with Crippen LogP contribution in [0.2, 0.25) is 0 Å². The molecule has 1 aliphatic carbocycles. The van der Waals surface area contributed by atoms with Crippen molar-refractivity contribution < 1.29 is 9.59 Å². The Balaban J connectivity index is 1.71. The van der Waals surface area contributed by atoms with Gasteiger partial charge in [-0.15, -0.1) is 0 Å². The van der Waals surface area contributed by atoms with Crippen molar-refractivity contribution in [3.63, 3.8) is 0 Å². The van der Waals surface area contributed by atoms with E-state index in [1.165, 1.54) is 26.2 Å². The molecule has 1 aromatic heterocycles. The first-order valence-corrected chi connectivity index (χ1v) is 9.16. The molecule has 24 heavy (non-hydrogen) atoms. The van der Waals surface area contributed by atoms with Gasteiger partial charge in [-0.3, -0.25) is 14.6 Å². The highest BCUT2D eigenvalue weighted by Gasteiger charge is 2.35. The van der Waals surface area contributed by atoms with Crippen molar-refractivity contribution in [3.8, 4) is 0 Å². The Labute approximate surface area is 143 Å². The van der Waals surface area contributed by atoms with Crippen LogP contribution in [-0.4, -0.2) is 28.2 Å². The van der Waals surface area contributed by atoms with Crippen molar-refractivity contribution in [2.45, 2.75) is 64.5 Å². The zero-order valence-corrected chi connectivity index (χ0v) is 14.5. The quantitative estimate of drug-likeness (QED) is 0.924. The number of carbonyl (C=O) groups is 2. The summed E-state index contributed by atoms with van der Waals surface area (Å²) in [6.07, 6.45) is 7.73. The number of nitrogens with zero attached hydrogens (tertiary/aromatic N) is 2. The van der Waals surface area contributed by atoms with Gasteiger partial charge in [0.25, 0.3) is 0 Å². The van der Waals surface area contributed by atoms with E-state index in [0.29, 0.717) is 12.5 Å². The SMILES string of the molecule is CC(=O)NCc1cccc([C@H]2CCCN2C(=O)C2CCCCC2)n1. The van der Waals surface area contributed by atoms with Crippen LogP contribution in [0.15, 0.2) is 18.2 Å². The summed E-state index contributed by atoms with van der Waals surface area (Å²) in [6.45, 7) is 2.79. The molecule has 1 saturated heterocycles. The Kier molecular flexibility index (Phi) is 5.48. The summed E-state index contributed by atoms with van der Waals surface area (Å²) < 4.78 is 0. The number of hydrogen-bond acceptors (Lipinski definition) is 3. The Hall–Kier alpha value is -1.91. The molecule has 1 saturated carbocycles. The van der Waals surface area contributed by atoms with E-state index in [1.54, 1.807) is 0 Å². The van der Waals surface area contributed by atoms with Crippen LogP contribution >= 0.6 is 0 Å². The van der Waals surface area contributed by atoms with Crippen molar-refractivity contribution in [2.24, 2.45) is 5.92 Å². The predicted molar refractivity (Wildman–Crippen MR) is 92.0 cm³/mol. The van der Waals surface area contributed by atoms with Gasteiger partial charge in [0, 0.05) is 19.4 Å². The molecule has 2 amide bonds. The third-order valence-corrected chi connectivity index (χ3v) is 5.18. The normalized spacial score (nSPS) is 21.7. The third-order valence-electron chi connectivity index (χ3n) is 5.18. The number of amides is 2. The second-order valence-corrected chi connectivity index (χ2v) is 6.99. The molecular formula is C19H27N3O2. The lowest BCUT2D eigenvalue weighted by Gasteiger charge is -2.30. The molecule has 0 unspecified atom stereocenters. The van der Waals surface area contributed by atoms with E-state index in [1.807, 2.05) is 18.2 Å². The van der Waals surface area contributed by atoms with Crippen LogP contribution in [0, 0.1) is 5.92 Å². The van der Waals surface area contributed by atoms with E-state index < -0.39 is 0 Å². The Morgan fingerprint density at radius 2 is 1.96 bits per heavy atom. The molecule has 3 rings (SSSR count). The van der Waals surface area contributed by atoms with Crippen molar-refractivity contribution >= 4 is 11.8 Å². The van der Waals surface area contributed by atoms with E-state index in [9.17, 15) is 9.59 Å². The average molecular weight is 329 g/mol. The molecule has 1 N–H and O–H groups in total. The molecule has 0 radical (unpaired) electrons. The molecule has 2 heterocycles. The van der Waals surface area contributed by atoms with Gasteiger partial charge in [-0.1, -0.05) is 25.3 Å². The van der Waals surface area contributed by atoms with E-state index in [4.69, 9.17) is 4.98 Å². The Morgan fingerprint density at radius 1 is 1.17 bits per heavy atom. The van der Waals surface area contributed by atoms with E-state index in [2.05, 4.69) is 10.2 Å². The number of hydrogen-bond donors (Lipinski definition) is 1. The maximum absolute atomic E-state index is 12.9. The second kappa shape index (κ2) is 7.77. The molecule has 0 bridgehead atoms. The van der Waals surface area contributed by atoms with Crippen LogP contribution in [0.3, 0.4) is 0 Å². The maximum atomic E-state index is 12.9. The zero-order chi connectivity index (χ0) is 16.9. The Morgan fingerprint density at radius 3 is 2.71 bits per heavy atom. The monoisotopic (exact) mass is 329 g/mol. The van der Waals surface area contributed by atoms with Crippen LogP contribution in [0.25, 0.3) is 0 Å². The lowest BCUT2D eigenvalue weighted by Crippen LogP contribution is -2.37. The number of nitrogens with one attached hydrogen (secondary N) is 1. The fraction of sp³-hybridized carbons (Fsp3) is 0.632. The minimum Gasteiger partial charge on any atom is -0.351 e. The molecule has 1 aromatic rings. The van der Waals surface area contributed by atoms with Crippen molar-refractivity contribution in [1.82, 2.24) is 15.2 Å². The summed E-state index contributed by atoms with van der Waals surface area (Å²) >= 11 is 0. The first-order chi connectivity index (χ1) is 11.6. The van der Waals surface area contributed by atoms with Gasteiger partial charge in [0.1, 0.15) is 0 Å². The maximum Gasteiger partial charge on any atom is 0.226 e. The first kappa shape index (κ1) is 16.9. The van der Waals surface area contributed by atoms with Crippen LogP contribution in [0.5, 0.6) is 0 Å². The molecule has 2 aliphatic rings. The lowest BCUT2D eigenvalue weighted by atomic mass is 9.88. The van der Waals surface area contributed by atoms with Crippen molar-refractivity contribution in [2.75, 3.05) is 6.54 Å². The van der Waals surface area contributed by atoms with Gasteiger partial charge in [-0.25, -0.2) is 0 Å². The van der Waals surface area contributed by atoms with Crippen LogP contribution in [0.4, 0.5) is 0 Å². The van der Waals surface area contributed by atoms with Crippen molar-refractivity contribution in [3.05, 3.63) is 29.6 Å². The molecule has 0 aromatic carbocycles. The number of likely N-dealkylation sites (tertiary alicyclic amines) is 1. The van der Waals surface area contributed by atoms with Gasteiger partial charge in [0.15, 0.2) is 0 Å². The number of carbonyl (C=O) groups excluding carboxylic acids is 2. The lowest BCUT2D eigenvalue weighted by molar-refractivity contribution is -0.137. The Bertz CT molecular complexity index is 596. The van der Waals surface area contributed by atoms with Gasteiger partial charge in [0.05, 0.1) is 24.0 Å². The average Bonchev–Trinajstić information content (AvgIpc) is 3.10. The van der Waals surface area contributed by atoms with E-state index >= 15 is 0 Å².